The van der Waals surface area contributed by atoms with E-state index < -0.39 is 0 Å². The predicted octanol–water partition coefficient (Wildman–Crippen LogP) is 4.40. The van der Waals surface area contributed by atoms with Crippen molar-refractivity contribution in [2.24, 2.45) is 5.10 Å². The molecule has 28 heavy (non-hydrogen) atoms. The number of anilines is 1. The standard InChI is InChI=1S/C23H27N3O2/c1-15-11-20-19(16(2)13-23(3,4)26(20)5)12-17(15)14-24-25-22(27)18-9-7-8-10-21(18)28-6/h7-14H,1-6H3,(H,25,27)/b24-14+. The van der Waals surface area contributed by atoms with Crippen LogP contribution in [0.2, 0.25) is 0 Å². The number of hydrogen-bond acceptors (Lipinski definition) is 4. The van der Waals surface area contributed by atoms with Gasteiger partial charge < -0.3 is 9.64 Å². The van der Waals surface area contributed by atoms with Crippen molar-refractivity contribution in [3.63, 3.8) is 0 Å². The first-order valence-electron chi connectivity index (χ1n) is 9.29. The molecule has 1 N–H and O–H groups in total. The third-order valence-corrected chi connectivity index (χ3v) is 5.33. The van der Waals surface area contributed by atoms with Crippen LogP contribution in [0.4, 0.5) is 5.69 Å². The molecule has 1 aliphatic rings. The Bertz CT molecular complexity index is 974. The minimum absolute atomic E-state index is 0.0259. The Labute approximate surface area is 166 Å². The maximum Gasteiger partial charge on any atom is 0.275 e. The number of para-hydroxylation sites is 1. The first kappa shape index (κ1) is 19.7. The highest BCUT2D eigenvalue weighted by molar-refractivity contribution is 5.97. The molecule has 5 heteroatoms. The fraction of sp³-hybridized carbons (Fsp3) is 0.304. The van der Waals surface area contributed by atoms with E-state index >= 15 is 0 Å². The summed E-state index contributed by atoms with van der Waals surface area (Å²) in [6.45, 7) is 8.60. The number of benzene rings is 2. The summed E-state index contributed by atoms with van der Waals surface area (Å²) in [4.78, 5) is 14.7. The molecule has 1 amide bonds. The molecule has 0 saturated carbocycles. The quantitative estimate of drug-likeness (QED) is 0.635. The molecule has 0 aromatic heterocycles. The number of allylic oxidation sites excluding steroid dienone is 1. The number of amides is 1. The van der Waals surface area contributed by atoms with Gasteiger partial charge in [0.1, 0.15) is 5.75 Å². The zero-order valence-corrected chi connectivity index (χ0v) is 17.3. The molecule has 0 bridgehead atoms. The average Bonchev–Trinajstić information content (AvgIpc) is 2.66. The second-order valence-corrected chi connectivity index (χ2v) is 7.67. The zero-order valence-electron chi connectivity index (χ0n) is 17.3. The van der Waals surface area contributed by atoms with E-state index in [1.54, 1.807) is 31.5 Å². The SMILES string of the molecule is COc1ccccc1C(=O)N/N=C/c1cc2c(cc1C)N(C)C(C)(C)C=C2C. The van der Waals surface area contributed by atoms with Gasteiger partial charge in [0.2, 0.25) is 0 Å². The number of carbonyl (C=O) groups is 1. The number of nitrogens with zero attached hydrogens (tertiary/aromatic N) is 2. The highest BCUT2D eigenvalue weighted by atomic mass is 16.5. The van der Waals surface area contributed by atoms with Crippen LogP contribution in [0, 0.1) is 6.92 Å². The number of hydrogen-bond donors (Lipinski definition) is 1. The lowest BCUT2D eigenvalue weighted by Crippen LogP contribution is -2.42. The summed E-state index contributed by atoms with van der Waals surface area (Å²) >= 11 is 0. The van der Waals surface area contributed by atoms with Gasteiger partial charge in [-0.05, 0) is 68.7 Å². The van der Waals surface area contributed by atoms with Gasteiger partial charge in [0, 0.05) is 18.3 Å². The minimum Gasteiger partial charge on any atom is -0.496 e. The number of nitrogens with one attached hydrogen (secondary N) is 1. The van der Waals surface area contributed by atoms with Crippen LogP contribution in [0.5, 0.6) is 5.75 Å². The molecule has 0 unspecified atom stereocenters. The summed E-state index contributed by atoms with van der Waals surface area (Å²) in [6.07, 6.45) is 3.96. The van der Waals surface area contributed by atoms with Crippen LogP contribution in [0.3, 0.4) is 0 Å². The van der Waals surface area contributed by atoms with E-state index in [2.05, 4.69) is 68.4 Å². The lowest BCUT2D eigenvalue weighted by Gasteiger charge is -2.41. The van der Waals surface area contributed by atoms with E-state index in [-0.39, 0.29) is 11.4 Å². The Morgan fingerprint density at radius 3 is 2.64 bits per heavy atom. The Balaban J connectivity index is 1.84. The summed E-state index contributed by atoms with van der Waals surface area (Å²) < 4.78 is 5.23. The van der Waals surface area contributed by atoms with Gasteiger partial charge in [-0.1, -0.05) is 18.2 Å². The van der Waals surface area contributed by atoms with Gasteiger partial charge in [0.25, 0.3) is 5.91 Å². The number of likely N-dealkylation sites (N-methyl/N-ethyl adjacent to an activating group) is 1. The molecule has 5 nitrogen and oxygen atoms in total. The van der Waals surface area contributed by atoms with Crippen LogP contribution in [0.1, 0.15) is 47.8 Å². The molecule has 0 saturated heterocycles. The summed E-state index contributed by atoms with van der Waals surface area (Å²) in [5, 5.41) is 4.16. The topological polar surface area (TPSA) is 53.9 Å². The van der Waals surface area contributed by atoms with E-state index in [0.29, 0.717) is 11.3 Å². The Morgan fingerprint density at radius 2 is 1.93 bits per heavy atom. The lowest BCUT2D eigenvalue weighted by molar-refractivity contribution is 0.0952. The maximum absolute atomic E-state index is 12.4. The molecule has 146 valence electrons. The van der Waals surface area contributed by atoms with Crippen molar-refractivity contribution in [2.45, 2.75) is 33.2 Å². The number of methoxy groups -OCH3 is 1. The van der Waals surface area contributed by atoms with Gasteiger partial charge in [-0.3, -0.25) is 4.79 Å². The van der Waals surface area contributed by atoms with E-state index in [9.17, 15) is 4.79 Å². The number of aryl methyl sites for hydroxylation is 1. The number of rotatable bonds is 4. The van der Waals surface area contributed by atoms with E-state index in [1.165, 1.54) is 16.8 Å². The van der Waals surface area contributed by atoms with Crippen LogP contribution >= 0.6 is 0 Å². The first-order valence-corrected chi connectivity index (χ1v) is 9.29. The number of fused-ring (bicyclic) bond motifs is 1. The second kappa shape index (κ2) is 7.50. The van der Waals surface area contributed by atoms with E-state index in [1.807, 2.05) is 6.07 Å². The van der Waals surface area contributed by atoms with Gasteiger partial charge in [-0.25, -0.2) is 5.43 Å². The Hall–Kier alpha value is -3.08. The van der Waals surface area contributed by atoms with E-state index in [4.69, 9.17) is 4.74 Å². The third-order valence-electron chi connectivity index (χ3n) is 5.33. The molecule has 2 aromatic carbocycles. The summed E-state index contributed by atoms with van der Waals surface area (Å²) in [5.41, 5.74) is 8.72. The van der Waals surface area contributed by atoms with Crippen molar-refractivity contribution >= 4 is 23.4 Å². The van der Waals surface area contributed by atoms with Crippen LogP contribution in [-0.4, -0.2) is 31.8 Å². The highest BCUT2D eigenvalue weighted by Crippen LogP contribution is 2.38. The second-order valence-electron chi connectivity index (χ2n) is 7.67. The fourth-order valence-electron chi connectivity index (χ4n) is 3.51. The summed E-state index contributed by atoms with van der Waals surface area (Å²) in [7, 11) is 3.66. The van der Waals surface area contributed by atoms with Crippen molar-refractivity contribution in [1.29, 1.82) is 0 Å². The molecule has 0 spiro atoms. The minimum atomic E-state index is -0.304. The normalized spacial score (nSPS) is 15.2. The number of ether oxygens (including phenoxy) is 1. The molecule has 1 aliphatic heterocycles. The molecule has 0 radical (unpaired) electrons. The first-order chi connectivity index (χ1) is 13.2. The molecule has 0 atom stereocenters. The van der Waals surface area contributed by atoms with Gasteiger partial charge in [-0.15, -0.1) is 0 Å². The maximum atomic E-state index is 12.4. The van der Waals surface area contributed by atoms with Crippen molar-refractivity contribution < 1.29 is 9.53 Å². The Morgan fingerprint density at radius 1 is 1.21 bits per heavy atom. The monoisotopic (exact) mass is 377 g/mol. The smallest absolute Gasteiger partial charge is 0.275 e. The van der Waals surface area contributed by atoms with Gasteiger partial charge in [0.05, 0.1) is 24.4 Å². The molecule has 0 aliphatic carbocycles. The summed E-state index contributed by atoms with van der Waals surface area (Å²) in [6, 6.07) is 11.4. The van der Waals surface area contributed by atoms with Crippen LogP contribution in [0.15, 0.2) is 47.6 Å². The lowest BCUT2D eigenvalue weighted by atomic mass is 9.87. The molecule has 1 heterocycles. The van der Waals surface area contributed by atoms with Crippen molar-refractivity contribution in [3.8, 4) is 5.75 Å². The third kappa shape index (κ3) is 3.65. The van der Waals surface area contributed by atoms with Gasteiger partial charge in [0.15, 0.2) is 0 Å². The average molecular weight is 377 g/mol. The molecular formula is C23H27N3O2. The van der Waals surface area contributed by atoms with Crippen molar-refractivity contribution in [1.82, 2.24) is 5.43 Å². The van der Waals surface area contributed by atoms with Crippen LogP contribution in [-0.2, 0) is 0 Å². The predicted molar refractivity (Wildman–Crippen MR) is 115 cm³/mol. The number of hydrazone groups is 1. The fourth-order valence-corrected chi connectivity index (χ4v) is 3.51. The van der Waals surface area contributed by atoms with Crippen molar-refractivity contribution in [3.05, 3.63) is 64.7 Å². The summed E-state index contributed by atoms with van der Waals surface area (Å²) in [5.74, 6) is 0.216. The molecule has 3 rings (SSSR count). The van der Waals surface area contributed by atoms with Crippen LogP contribution < -0.4 is 15.1 Å². The largest absolute Gasteiger partial charge is 0.496 e. The van der Waals surface area contributed by atoms with Gasteiger partial charge >= 0.3 is 0 Å². The molecular weight excluding hydrogens is 350 g/mol. The van der Waals surface area contributed by atoms with Gasteiger partial charge in [-0.2, -0.15) is 5.10 Å². The highest BCUT2D eigenvalue weighted by Gasteiger charge is 2.28. The van der Waals surface area contributed by atoms with E-state index in [0.717, 1.165) is 11.1 Å². The Kier molecular flexibility index (Phi) is 5.27. The zero-order chi connectivity index (χ0) is 20.5. The molecule has 2 aromatic rings. The van der Waals surface area contributed by atoms with Crippen LogP contribution in [0.25, 0.3) is 5.57 Å². The number of carbonyl (C=O) groups excluding carboxylic acids is 1. The van der Waals surface area contributed by atoms with Crippen molar-refractivity contribution in [2.75, 3.05) is 19.1 Å². The molecule has 0 fully saturated rings.